The second-order valence-corrected chi connectivity index (χ2v) is 4.20. The highest BCUT2D eigenvalue weighted by atomic mass is 16.5. The van der Waals surface area contributed by atoms with Crippen molar-refractivity contribution in [2.45, 2.75) is 13.0 Å². The first kappa shape index (κ1) is 14.7. The molecule has 0 radical (unpaired) electrons. The fourth-order valence-corrected chi connectivity index (χ4v) is 1.66. The fraction of sp³-hybridized carbons (Fsp3) is 0.818. The summed E-state index contributed by atoms with van der Waals surface area (Å²) in [6.45, 7) is 4.97. The molecule has 1 heterocycles. The zero-order valence-electron chi connectivity index (χ0n) is 11.0. The van der Waals surface area contributed by atoms with Gasteiger partial charge in [0.25, 0.3) is 0 Å². The van der Waals surface area contributed by atoms with Crippen LogP contribution in [0.4, 0.5) is 0 Å². The van der Waals surface area contributed by atoms with Crippen LogP contribution in [0.15, 0.2) is 4.99 Å². The molecule has 0 aromatic heterocycles. The minimum absolute atomic E-state index is 0.0255. The van der Waals surface area contributed by atoms with Crippen LogP contribution >= 0.6 is 0 Å². The summed E-state index contributed by atoms with van der Waals surface area (Å²) < 4.78 is 10.1. The first-order valence-electron chi connectivity index (χ1n) is 6.04. The predicted molar refractivity (Wildman–Crippen MR) is 68.4 cm³/mol. The van der Waals surface area contributed by atoms with Crippen LogP contribution < -0.4 is 11.1 Å². The summed E-state index contributed by atoms with van der Waals surface area (Å²) in [6, 6.07) is 0.0669. The van der Waals surface area contributed by atoms with Crippen molar-refractivity contribution in [3.05, 3.63) is 0 Å². The van der Waals surface area contributed by atoms with Gasteiger partial charge in [-0.3, -0.25) is 4.79 Å². The number of rotatable bonds is 5. The Labute approximate surface area is 107 Å². The molecule has 104 valence electrons. The van der Waals surface area contributed by atoms with Gasteiger partial charge in [-0.25, -0.2) is 4.99 Å². The Bertz CT molecular complexity index is 290. The van der Waals surface area contributed by atoms with Crippen LogP contribution in [0.1, 0.15) is 6.92 Å². The molecule has 0 saturated carbocycles. The van der Waals surface area contributed by atoms with E-state index in [1.807, 2.05) is 6.92 Å². The first-order valence-corrected chi connectivity index (χ1v) is 6.04. The number of ether oxygens (including phenoxy) is 2. The van der Waals surface area contributed by atoms with E-state index >= 15 is 0 Å². The Morgan fingerprint density at radius 2 is 2.22 bits per heavy atom. The molecule has 7 heteroatoms. The zero-order chi connectivity index (χ0) is 13.4. The molecule has 0 bridgehead atoms. The largest absolute Gasteiger partial charge is 0.383 e. The topological polar surface area (TPSA) is 89.2 Å². The Morgan fingerprint density at radius 1 is 1.56 bits per heavy atom. The van der Waals surface area contributed by atoms with Crippen molar-refractivity contribution < 1.29 is 14.3 Å². The Hall–Kier alpha value is -1.34. The van der Waals surface area contributed by atoms with Gasteiger partial charge in [-0.1, -0.05) is 0 Å². The van der Waals surface area contributed by atoms with Crippen molar-refractivity contribution in [3.8, 4) is 0 Å². The van der Waals surface area contributed by atoms with E-state index in [9.17, 15) is 4.79 Å². The summed E-state index contributed by atoms with van der Waals surface area (Å²) in [6.07, 6.45) is 0. The lowest BCUT2D eigenvalue weighted by Crippen LogP contribution is -2.44. The number of nitrogens with two attached hydrogens (primary N) is 1. The normalized spacial score (nSPS) is 18.6. The van der Waals surface area contributed by atoms with Crippen molar-refractivity contribution in [2.24, 2.45) is 10.7 Å². The van der Waals surface area contributed by atoms with E-state index in [1.165, 1.54) is 0 Å². The molecular weight excluding hydrogens is 236 g/mol. The van der Waals surface area contributed by atoms with Crippen LogP contribution in [0.25, 0.3) is 0 Å². The van der Waals surface area contributed by atoms with E-state index in [0.717, 1.165) is 0 Å². The van der Waals surface area contributed by atoms with Gasteiger partial charge in [-0.05, 0) is 6.92 Å². The number of methoxy groups -OCH3 is 1. The molecule has 0 aliphatic carbocycles. The van der Waals surface area contributed by atoms with Crippen LogP contribution in [0.5, 0.6) is 0 Å². The number of nitrogens with zero attached hydrogens (tertiary/aromatic N) is 2. The van der Waals surface area contributed by atoms with Crippen LogP contribution in [0.3, 0.4) is 0 Å². The van der Waals surface area contributed by atoms with Gasteiger partial charge in [0, 0.05) is 26.2 Å². The van der Waals surface area contributed by atoms with Crippen LogP contribution in [0.2, 0.25) is 0 Å². The predicted octanol–water partition coefficient (Wildman–Crippen LogP) is -1.22. The Morgan fingerprint density at radius 3 is 2.83 bits per heavy atom. The van der Waals surface area contributed by atoms with Gasteiger partial charge in [0.2, 0.25) is 5.91 Å². The number of hydrogen-bond acceptors (Lipinski definition) is 4. The molecule has 1 fully saturated rings. The lowest BCUT2D eigenvalue weighted by Gasteiger charge is -2.26. The number of aliphatic imine (C=N–C) groups is 1. The standard InChI is InChI=1S/C11H22N4O3/c1-9(8-17-2)14-11(12)13-7-10(16)15-3-5-18-6-4-15/h9H,3-8H2,1-2H3,(H3,12,13,14). The zero-order valence-corrected chi connectivity index (χ0v) is 11.0. The van der Waals surface area contributed by atoms with Gasteiger partial charge in [0.05, 0.1) is 19.8 Å². The smallest absolute Gasteiger partial charge is 0.244 e. The highest BCUT2D eigenvalue weighted by Crippen LogP contribution is 1.97. The molecule has 1 rings (SSSR count). The molecule has 0 spiro atoms. The number of guanidine groups is 1. The molecular formula is C11H22N4O3. The van der Waals surface area contributed by atoms with Crippen LogP contribution in [-0.2, 0) is 14.3 Å². The third-order valence-corrected chi connectivity index (χ3v) is 2.56. The molecule has 18 heavy (non-hydrogen) atoms. The number of morpholine rings is 1. The molecule has 7 nitrogen and oxygen atoms in total. The molecule has 0 aromatic carbocycles. The molecule has 0 aromatic rings. The number of hydrogen-bond donors (Lipinski definition) is 2. The first-order chi connectivity index (χ1) is 8.63. The second-order valence-electron chi connectivity index (χ2n) is 4.20. The molecule has 3 N–H and O–H groups in total. The lowest BCUT2D eigenvalue weighted by atomic mass is 10.4. The minimum Gasteiger partial charge on any atom is -0.383 e. The van der Waals surface area contributed by atoms with Gasteiger partial charge in [-0.15, -0.1) is 0 Å². The molecule has 1 saturated heterocycles. The van der Waals surface area contributed by atoms with Crippen molar-refractivity contribution in [1.82, 2.24) is 10.2 Å². The lowest BCUT2D eigenvalue weighted by molar-refractivity contribution is -0.133. The van der Waals surface area contributed by atoms with Crippen LogP contribution in [-0.4, -0.2) is 69.4 Å². The Balaban J connectivity index is 2.30. The number of carbonyl (C=O) groups is 1. The number of carbonyl (C=O) groups excluding carboxylic acids is 1. The maximum absolute atomic E-state index is 11.8. The quantitative estimate of drug-likeness (QED) is 0.477. The third kappa shape index (κ3) is 5.33. The van der Waals surface area contributed by atoms with E-state index in [4.69, 9.17) is 15.2 Å². The summed E-state index contributed by atoms with van der Waals surface area (Å²) in [4.78, 5) is 17.5. The molecule has 1 amide bonds. The van der Waals surface area contributed by atoms with Gasteiger partial charge >= 0.3 is 0 Å². The minimum atomic E-state index is -0.0255. The summed E-state index contributed by atoms with van der Waals surface area (Å²) in [5.41, 5.74) is 5.67. The average molecular weight is 258 g/mol. The van der Waals surface area contributed by atoms with Crippen molar-refractivity contribution in [1.29, 1.82) is 0 Å². The summed E-state index contributed by atoms with van der Waals surface area (Å²) >= 11 is 0. The van der Waals surface area contributed by atoms with E-state index in [1.54, 1.807) is 12.0 Å². The second kappa shape index (κ2) is 7.88. The summed E-state index contributed by atoms with van der Waals surface area (Å²) in [5, 5.41) is 2.95. The highest BCUT2D eigenvalue weighted by molar-refractivity contribution is 5.84. The van der Waals surface area contributed by atoms with E-state index < -0.39 is 0 Å². The van der Waals surface area contributed by atoms with Gasteiger partial charge in [-0.2, -0.15) is 0 Å². The van der Waals surface area contributed by atoms with Crippen LogP contribution in [0, 0.1) is 0 Å². The van der Waals surface area contributed by atoms with Gasteiger partial charge in [0.15, 0.2) is 5.96 Å². The third-order valence-electron chi connectivity index (χ3n) is 2.56. The van der Waals surface area contributed by atoms with Crippen molar-refractivity contribution in [2.75, 3.05) is 46.6 Å². The van der Waals surface area contributed by atoms with Gasteiger partial charge in [0.1, 0.15) is 6.54 Å². The Kier molecular flexibility index (Phi) is 6.45. The van der Waals surface area contributed by atoms with Crippen molar-refractivity contribution >= 4 is 11.9 Å². The van der Waals surface area contributed by atoms with Gasteiger partial charge < -0.3 is 25.4 Å². The molecule has 1 unspecified atom stereocenters. The summed E-state index contributed by atoms with van der Waals surface area (Å²) in [7, 11) is 1.62. The molecule has 1 atom stereocenters. The number of nitrogens with one attached hydrogen (secondary N) is 1. The monoisotopic (exact) mass is 258 g/mol. The maximum atomic E-state index is 11.8. The summed E-state index contributed by atoms with van der Waals surface area (Å²) in [5.74, 6) is 0.239. The van der Waals surface area contributed by atoms with E-state index in [-0.39, 0.29) is 24.5 Å². The molecule has 1 aliphatic heterocycles. The van der Waals surface area contributed by atoms with E-state index in [2.05, 4.69) is 10.3 Å². The van der Waals surface area contributed by atoms with Crippen molar-refractivity contribution in [3.63, 3.8) is 0 Å². The SMILES string of the molecule is COCC(C)NC(N)=NCC(=O)N1CCOCC1. The number of amides is 1. The molecule has 1 aliphatic rings. The average Bonchev–Trinajstić information content (AvgIpc) is 2.37. The maximum Gasteiger partial charge on any atom is 0.244 e. The fourth-order valence-electron chi connectivity index (χ4n) is 1.66. The highest BCUT2D eigenvalue weighted by Gasteiger charge is 2.16. The van der Waals surface area contributed by atoms with E-state index in [0.29, 0.717) is 32.9 Å².